The lowest BCUT2D eigenvalue weighted by Gasteiger charge is -2.38. The zero-order valence-corrected chi connectivity index (χ0v) is 16.1. The van der Waals surface area contributed by atoms with E-state index in [1.807, 2.05) is 24.3 Å². The van der Waals surface area contributed by atoms with Gasteiger partial charge in [-0.2, -0.15) is 0 Å². The summed E-state index contributed by atoms with van der Waals surface area (Å²) in [6.07, 6.45) is 1.50. The monoisotopic (exact) mass is 384 g/mol. The molecule has 0 atom stereocenters. The van der Waals surface area contributed by atoms with Gasteiger partial charge in [0.1, 0.15) is 5.75 Å². The number of nitrogens with zero attached hydrogens (tertiary/aromatic N) is 1. The highest BCUT2D eigenvalue weighted by Gasteiger charge is 2.37. The minimum atomic E-state index is -0.471. The van der Waals surface area contributed by atoms with Gasteiger partial charge in [0.05, 0.1) is 12.0 Å². The number of amides is 1. The number of methoxy groups -OCH3 is 1. The third kappa shape index (κ3) is 3.84. The minimum absolute atomic E-state index is 0.0573. The Morgan fingerprint density at radius 2 is 1.93 bits per heavy atom. The number of carbonyl (C=O) groups excluding carboxylic acids is 1. The molecular formula is C21H24N2O5. The molecule has 0 aliphatic carbocycles. The second-order valence-corrected chi connectivity index (χ2v) is 6.98. The molecule has 1 aliphatic heterocycles. The summed E-state index contributed by atoms with van der Waals surface area (Å²) < 4.78 is 11.1. The van der Waals surface area contributed by atoms with Gasteiger partial charge in [-0.15, -0.1) is 0 Å². The predicted octanol–water partition coefficient (Wildman–Crippen LogP) is 3.39. The van der Waals surface area contributed by atoms with Crippen LogP contribution in [0.3, 0.4) is 0 Å². The van der Waals surface area contributed by atoms with Crippen LogP contribution in [0.25, 0.3) is 0 Å². The summed E-state index contributed by atoms with van der Waals surface area (Å²) in [4.78, 5) is 23.5. The first-order valence-corrected chi connectivity index (χ1v) is 9.22. The van der Waals surface area contributed by atoms with Crippen molar-refractivity contribution in [1.82, 2.24) is 5.32 Å². The van der Waals surface area contributed by atoms with Crippen molar-refractivity contribution >= 4 is 11.6 Å². The Kier molecular flexibility index (Phi) is 5.94. The van der Waals surface area contributed by atoms with Crippen molar-refractivity contribution in [2.45, 2.75) is 25.2 Å². The lowest BCUT2D eigenvalue weighted by atomic mass is 9.73. The fraction of sp³-hybridized carbons (Fsp3) is 0.381. The molecule has 0 spiro atoms. The zero-order valence-electron chi connectivity index (χ0n) is 16.1. The van der Waals surface area contributed by atoms with E-state index in [0.29, 0.717) is 30.9 Å². The number of hydrogen-bond donors (Lipinski definition) is 1. The topological polar surface area (TPSA) is 90.7 Å². The molecule has 1 fully saturated rings. The Morgan fingerprint density at radius 1 is 1.21 bits per heavy atom. The number of para-hydroxylation sites is 1. The summed E-state index contributed by atoms with van der Waals surface area (Å²) in [5.74, 6) is 0.465. The van der Waals surface area contributed by atoms with E-state index in [0.717, 1.165) is 24.2 Å². The molecule has 28 heavy (non-hydrogen) atoms. The first kappa shape index (κ1) is 19.8. The average molecular weight is 384 g/mol. The van der Waals surface area contributed by atoms with E-state index >= 15 is 0 Å². The van der Waals surface area contributed by atoms with Crippen molar-refractivity contribution in [3.63, 3.8) is 0 Å². The second kappa shape index (κ2) is 8.39. The van der Waals surface area contributed by atoms with Gasteiger partial charge < -0.3 is 14.8 Å². The second-order valence-electron chi connectivity index (χ2n) is 6.98. The van der Waals surface area contributed by atoms with Crippen LogP contribution in [0.4, 0.5) is 5.69 Å². The molecule has 148 valence electrons. The molecular weight excluding hydrogens is 360 g/mol. The van der Waals surface area contributed by atoms with Crippen LogP contribution in [-0.4, -0.2) is 37.7 Å². The smallest absolute Gasteiger partial charge is 0.273 e. The van der Waals surface area contributed by atoms with Crippen molar-refractivity contribution in [3.8, 4) is 5.75 Å². The Hall–Kier alpha value is -2.93. The molecule has 0 aromatic heterocycles. The normalized spacial score (nSPS) is 15.6. The highest BCUT2D eigenvalue weighted by molar-refractivity contribution is 5.96. The van der Waals surface area contributed by atoms with Crippen LogP contribution in [0.15, 0.2) is 42.5 Å². The number of carbonyl (C=O) groups is 1. The largest absolute Gasteiger partial charge is 0.496 e. The molecule has 1 aliphatic rings. The summed E-state index contributed by atoms with van der Waals surface area (Å²) in [6, 6.07) is 12.4. The molecule has 2 aromatic rings. The van der Waals surface area contributed by atoms with Gasteiger partial charge >= 0.3 is 0 Å². The summed E-state index contributed by atoms with van der Waals surface area (Å²) in [6.45, 7) is 3.20. The predicted molar refractivity (Wildman–Crippen MR) is 105 cm³/mol. The van der Waals surface area contributed by atoms with E-state index in [9.17, 15) is 14.9 Å². The molecule has 3 rings (SSSR count). The maximum absolute atomic E-state index is 12.8. The van der Waals surface area contributed by atoms with E-state index in [1.54, 1.807) is 20.1 Å². The van der Waals surface area contributed by atoms with Gasteiger partial charge in [-0.05, 0) is 31.9 Å². The molecule has 1 heterocycles. The highest BCUT2D eigenvalue weighted by Crippen LogP contribution is 2.39. The van der Waals surface area contributed by atoms with Crippen LogP contribution in [0.2, 0.25) is 0 Å². The Balaban J connectivity index is 1.86. The number of nitrogens with one attached hydrogen (secondary N) is 1. The third-order valence-electron chi connectivity index (χ3n) is 5.46. The van der Waals surface area contributed by atoms with Crippen LogP contribution >= 0.6 is 0 Å². The van der Waals surface area contributed by atoms with Crippen molar-refractivity contribution in [1.29, 1.82) is 0 Å². The van der Waals surface area contributed by atoms with Crippen molar-refractivity contribution in [2.75, 3.05) is 26.9 Å². The van der Waals surface area contributed by atoms with E-state index < -0.39 is 4.92 Å². The lowest BCUT2D eigenvalue weighted by molar-refractivity contribution is -0.385. The Bertz CT molecular complexity index is 875. The first-order chi connectivity index (χ1) is 13.5. The molecule has 2 aromatic carbocycles. The fourth-order valence-corrected chi connectivity index (χ4v) is 3.80. The van der Waals surface area contributed by atoms with Gasteiger partial charge in [0, 0.05) is 47.9 Å². The number of hydrogen-bond acceptors (Lipinski definition) is 5. The lowest BCUT2D eigenvalue weighted by Crippen LogP contribution is -2.45. The standard InChI is InChI=1S/C21H24N2O5/c1-15-16(6-5-8-18(15)23(25)26)20(24)22-14-21(10-12-28-13-11-21)17-7-3-4-9-19(17)27-2/h3-9H,10-14H2,1-2H3,(H,22,24). The van der Waals surface area contributed by atoms with Crippen LogP contribution in [0, 0.1) is 17.0 Å². The quantitative estimate of drug-likeness (QED) is 0.609. The van der Waals surface area contributed by atoms with Crippen molar-refractivity contribution in [3.05, 3.63) is 69.3 Å². The fourth-order valence-electron chi connectivity index (χ4n) is 3.80. The van der Waals surface area contributed by atoms with E-state index in [1.165, 1.54) is 12.1 Å². The van der Waals surface area contributed by atoms with E-state index in [-0.39, 0.29) is 17.0 Å². The summed E-state index contributed by atoms with van der Waals surface area (Å²) in [5.41, 5.74) is 1.35. The van der Waals surface area contributed by atoms with E-state index in [2.05, 4.69) is 5.32 Å². The molecule has 1 amide bonds. The van der Waals surface area contributed by atoms with E-state index in [4.69, 9.17) is 9.47 Å². The molecule has 1 saturated heterocycles. The SMILES string of the molecule is COc1ccccc1C1(CNC(=O)c2cccc([N+](=O)[O-])c2C)CCOCC1. The number of rotatable bonds is 6. The van der Waals surface area contributed by atoms with Gasteiger partial charge in [0.2, 0.25) is 0 Å². The van der Waals surface area contributed by atoms with Crippen LogP contribution < -0.4 is 10.1 Å². The molecule has 0 unspecified atom stereocenters. The maximum Gasteiger partial charge on any atom is 0.273 e. The van der Waals surface area contributed by atoms with Crippen molar-refractivity contribution in [2.24, 2.45) is 0 Å². The van der Waals surface area contributed by atoms with Crippen LogP contribution in [0.1, 0.15) is 34.3 Å². The number of nitro benzene ring substituents is 1. The first-order valence-electron chi connectivity index (χ1n) is 9.22. The Morgan fingerprint density at radius 3 is 2.61 bits per heavy atom. The molecule has 0 radical (unpaired) electrons. The summed E-state index contributed by atoms with van der Waals surface area (Å²) in [5, 5.41) is 14.1. The number of nitro groups is 1. The molecule has 0 saturated carbocycles. The van der Waals surface area contributed by atoms with Gasteiger partial charge in [0.25, 0.3) is 11.6 Å². The Labute approximate surface area is 163 Å². The molecule has 0 bridgehead atoms. The van der Waals surface area contributed by atoms with Crippen LogP contribution in [-0.2, 0) is 10.2 Å². The van der Waals surface area contributed by atoms with Crippen LogP contribution in [0.5, 0.6) is 5.75 Å². The summed E-state index contributed by atoms with van der Waals surface area (Å²) in [7, 11) is 1.64. The number of ether oxygens (including phenoxy) is 2. The van der Waals surface area contributed by atoms with Gasteiger partial charge in [-0.3, -0.25) is 14.9 Å². The average Bonchev–Trinajstić information content (AvgIpc) is 2.72. The minimum Gasteiger partial charge on any atom is -0.496 e. The van der Waals surface area contributed by atoms with Gasteiger partial charge in [-0.1, -0.05) is 24.3 Å². The molecule has 7 heteroatoms. The summed E-state index contributed by atoms with van der Waals surface area (Å²) >= 11 is 0. The number of benzene rings is 2. The zero-order chi connectivity index (χ0) is 20.1. The van der Waals surface area contributed by atoms with Gasteiger partial charge in [-0.25, -0.2) is 0 Å². The van der Waals surface area contributed by atoms with Gasteiger partial charge in [0.15, 0.2) is 0 Å². The molecule has 1 N–H and O–H groups in total. The molecule has 7 nitrogen and oxygen atoms in total. The maximum atomic E-state index is 12.8. The van der Waals surface area contributed by atoms with Crippen molar-refractivity contribution < 1.29 is 19.2 Å². The third-order valence-corrected chi connectivity index (χ3v) is 5.46. The highest BCUT2D eigenvalue weighted by atomic mass is 16.6.